The van der Waals surface area contributed by atoms with Crippen LogP contribution in [0.3, 0.4) is 0 Å². The highest BCUT2D eigenvalue weighted by Crippen LogP contribution is 2.09. The molecule has 3 atom stereocenters. The summed E-state index contributed by atoms with van der Waals surface area (Å²) in [7, 11) is 1.20. The minimum atomic E-state index is -1.41. The molecule has 0 saturated carbocycles. The van der Waals surface area contributed by atoms with Gasteiger partial charge in [-0.3, -0.25) is 9.59 Å². The number of rotatable bonds is 6. The lowest BCUT2D eigenvalue weighted by Gasteiger charge is -2.27. The van der Waals surface area contributed by atoms with Crippen molar-refractivity contribution in [3.8, 4) is 0 Å². The number of aliphatic hydroxyl groups excluding tert-OH is 1. The van der Waals surface area contributed by atoms with Gasteiger partial charge in [0.15, 0.2) is 0 Å². The number of ether oxygens (including phenoxy) is 1. The first kappa shape index (κ1) is 15.8. The van der Waals surface area contributed by atoms with Gasteiger partial charge in [0.1, 0.15) is 12.8 Å². The fraction of sp³-hybridized carbons (Fsp3) is 0.833. The smallest absolute Gasteiger partial charge is 0.307 e. The van der Waals surface area contributed by atoms with Gasteiger partial charge in [0, 0.05) is 0 Å². The number of hydrogen-bond donors (Lipinski definition) is 3. The van der Waals surface area contributed by atoms with Gasteiger partial charge in [0.2, 0.25) is 5.91 Å². The number of aliphatic hydroxyl groups is 1. The Balaban J connectivity index is 2.54. The van der Waals surface area contributed by atoms with Crippen molar-refractivity contribution in [3.63, 3.8) is 0 Å². The molecule has 19 heavy (non-hydrogen) atoms. The topological polar surface area (TPSA) is 87.7 Å². The quantitative estimate of drug-likeness (QED) is 0.570. The molecule has 6 nitrogen and oxygen atoms in total. The third-order valence-corrected chi connectivity index (χ3v) is 3.19. The van der Waals surface area contributed by atoms with Gasteiger partial charge in [-0.1, -0.05) is 6.42 Å². The standard InChI is InChI=1S/C12H21FN2O4/c1-19-11(17)6-9(10(16)7-13)15-12(18)8-4-2-3-5-14-8/h8-10,14,16H,2-7H2,1H3,(H,15,18)/t8-,9?,10?/m0/s1. The molecule has 0 aromatic rings. The summed E-state index contributed by atoms with van der Waals surface area (Å²) >= 11 is 0. The van der Waals surface area contributed by atoms with Crippen molar-refractivity contribution >= 4 is 11.9 Å². The van der Waals surface area contributed by atoms with E-state index < -0.39 is 24.8 Å². The summed E-state index contributed by atoms with van der Waals surface area (Å²) in [6.45, 7) is -0.272. The molecule has 0 radical (unpaired) electrons. The van der Waals surface area contributed by atoms with Crippen molar-refractivity contribution in [2.75, 3.05) is 20.3 Å². The van der Waals surface area contributed by atoms with Crippen LogP contribution < -0.4 is 10.6 Å². The van der Waals surface area contributed by atoms with E-state index in [0.717, 1.165) is 19.4 Å². The van der Waals surface area contributed by atoms with Crippen LogP contribution in [0.15, 0.2) is 0 Å². The van der Waals surface area contributed by atoms with Crippen molar-refractivity contribution in [1.82, 2.24) is 10.6 Å². The third kappa shape index (κ3) is 5.12. The average molecular weight is 276 g/mol. The van der Waals surface area contributed by atoms with Gasteiger partial charge in [-0.25, -0.2) is 4.39 Å². The number of esters is 1. The molecule has 0 bridgehead atoms. The Bertz CT molecular complexity index is 308. The number of carbonyl (C=O) groups is 2. The maximum absolute atomic E-state index is 12.5. The van der Waals surface area contributed by atoms with Crippen molar-refractivity contribution in [3.05, 3.63) is 0 Å². The molecule has 1 fully saturated rings. The predicted octanol–water partition coefficient (Wildman–Crippen LogP) is -0.493. The summed E-state index contributed by atoms with van der Waals surface area (Å²) in [4.78, 5) is 23.1. The van der Waals surface area contributed by atoms with Crippen LogP contribution in [0.25, 0.3) is 0 Å². The second-order valence-corrected chi connectivity index (χ2v) is 4.62. The number of nitrogens with one attached hydrogen (secondary N) is 2. The molecule has 1 amide bonds. The lowest BCUT2D eigenvalue weighted by Crippen LogP contribution is -2.53. The summed E-state index contributed by atoms with van der Waals surface area (Å²) in [5.41, 5.74) is 0. The zero-order valence-electron chi connectivity index (χ0n) is 11.0. The Morgan fingerprint density at radius 3 is 2.79 bits per heavy atom. The molecular weight excluding hydrogens is 255 g/mol. The van der Waals surface area contributed by atoms with Crippen LogP contribution >= 0.6 is 0 Å². The van der Waals surface area contributed by atoms with Crippen LogP contribution in [-0.4, -0.2) is 55.5 Å². The van der Waals surface area contributed by atoms with E-state index in [1.807, 2.05) is 0 Å². The van der Waals surface area contributed by atoms with E-state index in [-0.39, 0.29) is 18.4 Å². The molecule has 1 aliphatic rings. The summed E-state index contributed by atoms with van der Waals surface area (Å²) in [6, 6.07) is -1.31. The summed E-state index contributed by atoms with van der Waals surface area (Å²) < 4.78 is 17.0. The van der Waals surface area contributed by atoms with E-state index in [4.69, 9.17) is 0 Å². The maximum Gasteiger partial charge on any atom is 0.307 e. The highest BCUT2D eigenvalue weighted by molar-refractivity contribution is 5.83. The van der Waals surface area contributed by atoms with E-state index in [1.54, 1.807) is 0 Å². The Morgan fingerprint density at radius 1 is 1.53 bits per heavy atom. The molecule has 0 aromatic carbocycles. The first-order valence-electron chi connectivity index (χ1n) is 6.43. The predicted molar refractivity (Wildman–Crippen MR) is 66.2 cm³/mol. The lowest BCUT2D eigenvalue weighted by atomic mass is 10.0. The molecule has 3 N–H and O–H groups in total. The van der Waals surface area contributed by atoms with Crippen LogP contribution in [-0.2, 0) is 14.3 Å². The van der Waals surface area contributed by atoms with Gasteiger partial charge < -0.3 is 20.5 Å². The van der Waals surface area contributed by atoms with Gasteiger partial charge in [-0.05, 0) is 19.4 Å². The fourth-order valence-corrected chi connectivity index (χ4v) is 2.01. The van der Waals surface area contributed by atoms with Gasteiger partial charge in [-0.2, -0.15) is 0 Å². The SMILES string of the molecule is COC(=O)CC(NC(=O)[C@@H]1CCCCN1)C(O)CF. The highest BCUT2D eigenvalue weighted by Gasteiger charge is 2.28. The zero-order valence-corrected chi connectivity index (χ0v) is 11.0. The maximum atomic E-state index is 12.5. The Hall–Kier alpha value is -1.21. The van der Waals surface area contributed by atoms with E-state index in [0.29, 0.717) is 6.42 Å². The minimum absolute atomic E-state index is 0.250. The minimum Gasteiger partial charge on any atom is -0.469 e. The van der Waals surface area contributed by atoms with Crippen LogP contribution in [0.5, 0.6) is 0 Å². The van der Waals surface area contributed by atoms with E-state index in [1.165, 1.54) is 7.11 Å². The molecule has 1 saturated heterocycles. The number of halogens is 1. The molecule has 1 rings (SSSR count). The Kier molecular flexibility index (Phi) is 6.72. The van der Waals surface area contributed by atoms with E-state index in [2.05, 4.69) is 15.4 Å². The number of hydrogen-bond acceptors (Lipinski definition) is 5. The van der Waals surface area contributed by atoms with Gasteiger partial charge in [0.25, 0.3) is 0 Å². The third-order valence-electron chi connectivity index (χ3n) is 3.19. The van der Waals surface area contributed by atoms with Crippen molar-refractivity contribution in [1.29, 1.82) is 0 Å². The first-order valence-corrected chi connectivity index (χ1v) is 6.43. The van der Waals surface area contributed by atoms with Gasteiger partial charge >= 0.3 is 5.97 Å². The largest absolute Gasteiger partial charge is 0.469 e. The zero-order chi connectivity index (χ0) is 14.3. The number of piperidine rings is 1. The molecule has 0 spiro atoms. The summed E-state index contributed by atoms with van der Waals surface area (Å²) in [5.74, 6) is -0.921. The molecule has 0 aliphatic carbocycles. The molecule has 110 valence electrons. The van der Waals surface area contributed by atoms with Crippen LogP contribution in [0.2, 0.25) is 0 Å². The summed E-state index contributed by atoms with van der Waals surface area (Å²) in [5, 5.41) is 15.0. The van der Waals surface area contributed by atoms with Crippen molar-refractivity contribution in [2.24, 2.45) is 0 Å². The van der Waals surface area contributed by atoms with Crippen molar-refractivity contribution < 1.29 is 23.8 Å². The van der Waals surface area contributed by atoms with Gasteiger partial charge in [0.05, 0.1) is 25.6 Å². The first-order chi connectivity index (χ1) is 9.08. The number of alkyl halides is 1. The Labute approximate surface area is 111 Å². The fourth-order valence-electron chi connectivity index (χ4n) is 2.01. The van der Waals surface area contributed by atoms with E-state index in [9.17, 15) is 19.1 Å². The molecule has 1 heterocycles. The van der Waals surface area contributed by atoms with E-state index >= 15 is 0 Å². The molecule has 1 aliphatic heterocycles. The summed E-state index contributed by atoms with van der Waals surface area (Å²) in [6.07, 6.45) is 0.996. The highest BCUT2D eigenvalue weighted by atomic mass is 19.1. The van der Waals surface area contributed by atoms with Crippen molar-refractivity contribution in [2.45, 2.75) is 43.9 Å². The molecule has 2 unspecified atom stereocenters. The second-order valence-electron chi connectivity index (χ2n) is 4.62. The number of carbonyl (C=O) groups excluding carboxylic acids is 2. The second kappa shape index (κ2) is 8.06. The van der Waals surface area contributed by atoms with Crippen LogP contribution in [0.4, 0.5) is 4.39 Å². The van der Waals surface area contributed by atoms with Crippen LogP contribution in [0, 0.1) is 0 Å². The molecule has 0 aromatic heterocycles. The molecular formula is C12H21FN2O4. The number of methoxy groups -OCH3 is 1. The normalized spacial score (nSPS) is 22.4. The number of amides is 1. The van der Waals surface area contributed by atoms with Crippen LogP contribution in [0.1, 0.15) is 25.7 Å². The average Bonchev–Trinajstić information content (AvgIpc) is 2.46. The lowest BCUT2D eigenvalue weighted by molar-refractivity contribution is -0.142. The van der Waals surface area contributed by atoms with Gasteiger partial charge in [-0.15, -0.1) is 0 Å². The monoisotopic (exact) mass is 276 g/mol. The Morgan fingerprint density at radius 2 is 2.26 bits per heavy atom. The molecule has 7 heteroatoms.